The van der Waals surface area contributed by atoms with Gasteiger partial charge in [0.2, 0.25) is 10.0 Å². The largest absolute Gasteiger partial charge is 0.391 e. The van der Waals surface area contributed by atoms with Crippen molar-refractivity contribution in [1.29, 1.82) is 0 Å². The molecule has 1 aromatic rings. The van der Waals surface area contributed by atoms with Crippen molar-refractivity contribution in [3.63, 3.8) is 0 Å². The van der Waals surface area contributed by atoms with Gasteiger partial charge in [-0.05, 0) is 41.5 Å². The molecule has 0 saturated carbocycles. The Hall–Kier alpha value is 0.01000. The van der Waals surface area contributed by atoms with Crippen molar-refractivity contribution in [3.8, 4) is 0 Å². The summed E-state index contributed by atoms with van der Waals surface area (Å²) in [5, 5.41) is 9.05. The molecule has 5 nitrogen and oxygen atoms in total. The van der Waals surface area contributed by atoms with Gasteiger partial charge in [0, 0.05) is 18.0 Å². The van der Waals surface area contributed by atoms with E-state index in [-0.39, 0.29) is 11.5 Å². The lowest BCUT2D eigenvalue weighted by Crippen LogP contribution is -2.35. The van der Waals surface area contributed by atoms with Crippen LogP contribution >= 0.6 is 27.3 Å². The van der Waals surface area contributed by atoms with Gasteiger partial charge in [-0.1, -0.05) is 13.8 Å². The van der Waals surface area contributed by atoms with Crippen molar-refractivity contribution in [2.45, 2.75) is 31.8 Å². The van der Waals surface area contributed by atoms with Crippen LogP contribution in [0.1, 0.15) is 25.1 Å². The number of hydrogen-bond acceptors (Lipinski definition) is 5. The zero-order valence-electron chi connectivity index (χ0n) is 11.7. The first kappa shape index (κ1) is 18.1. The van der Waals surface area contributed by atoms with E-state index in [1.807, 2.05) is 0 Å². The van der Waals surface area contributed by atoms with Gasteiger partial charge < -0.3 is 10.0 Å². The zero-order chi connectivity index (χ0) is 15.2. The van der Waals surface area contributed by atoms with Gasteiger partial charge in [0.05, 0.1) is 10.4 Å². The predicted octanol–water partition coefficient (Wildman–Crippen LogP) is 2.01. The average molecular weight is 385 g/mol. The topological polar surface area (TPSA) is 69.6 Å². The molecule has 2 N–H and O–H groups in total. The molecule has 8 heteroatoms. The van der Waals surface area contributed by atoms with Crippen LogP contribution < -0.4 is 4.72 Å². The molecule has 0 spiro atoms. The molecule has 1 aromatic heterocycles. The predicted molar refractivity (Wildman–Crippen MR) is 85.5 cm³/mol. The molecule has 20 heavy (non-hydrogen) atoms. The van der Waals surface area contributed by atoms with Crippen LogP contribution in [0.3, 0.4) is 0 Å². The average Bonchev–Trinajstić information content (AvgIpc) is 2.79. The second-order valence-electron chi connectivity index (χ2n) is 4.34. The Kier molecular flexibility index (Phi) is 7.63. The summed E-state index contributed by atoms with van der Waals surface area (Å²) in [6.45, 7) is 6.96. The highest BCUT2D eigenvalue weighted by Gasteiger charge is 2.20. The Morgan fingerprint density at radius 2 is 2.10 bits per heavy atom. The molecule has 0 amide bonds. The second-order valence-corrected chi connectivity index (χ2v) is 8.53. The molecule has 0 atom stereocenters. The van der Waals surface area contributed by atoms with E-state index in [0.717, 1.165) is 19.5 Å². The van der Waals surface area contributed by atoms with Crippen molar-refractivity contribution in [3.05, 3.63) is 14.7 Å². The number of halogens is 1. The van der Waals surface area contributed by atoms with E-state index in [4.69, 9.17) is 5.11 Å². The number of thiophene rings is 1. The number of aliphatic hydroxyl groups is 1. The summed E-state index contributed by atoms with van der Waals surface area (Å²) in [6, 6.07) is 1.50. The second kappa shape index (κ2) is 8.45. The van der Waals surface area contributed by atoms with Crippen molar-refractivity contribution in [1.82, 2.24) is 9.62 Å². The van der Waals surface area contributed by atoms with Crippen LogP contribution in [0.5, 0.6) is 0 Å². The van der Waals surface area contributed by atoms with E-state index in [2.05, 4.69) is 39.4 Å². The molecule has 0 aromatic carbocycles. The van der Waals surface area contributed by atoms with Crippen LogP contribution in [0.2, 0.25) is 0 Å². The Bertz CT molecular complexity index is 517. The Morgan fingerprint density at radius 3 is 2.60 bits per heavy atom. The van der Waals surface area contributed by atoms with Gasteiger partial charge in [0.15, 0.2) is 0 Å². The number of nitrogens with zero attached hydrogens (tertiary/aromatic N) is 1. The molecule has 116 valence electrons. The van der Waals surface area contributed by atoms with Gasteiger partial charge >= 0.3 is 0 Å². The van der Waals surface area contributed by atoms with Crippen LogP contribution in [0, 0.1) is 0 Å². The lowest BCUT2D eigenvalue weighted by molar-refractivity contribution is 0.285. The smallest absolute Gasteiger partial charge is 0.242 e. The quantitative estimate of drug-likeness (QED) is 0.683. The molecular formula is C12H21BrN2O3S2. The van der Waals surface area contributed by atoms with Gasteiger partial charge in [0.1, 0.15) is 4.90 Å². The third-order valence-electron chi connectivity index (χ3n) is 2.86. The molecule has 0 aliphatic rings. The minimum absolute atomic E-state index is 0.154. The number of likely N-dealkylation sites (N-methyl/N-ethyl adjacent to an activating group) is 1. The maximum atomic E-state index is 12.2. The van der Waals surface area contributed by atoms with E-state index in [9.17, 15) is 8.42 Å². The minimum Gasteiger partial charge on any atom is -0.391 e. The summed E-state index contributed by atoms with van der Waals surface area (Å²) >= 11 is 4.46. The van der Waals surface area contributed by atoms with Gasteiger partial charge in [-0.15, -0.1) is 11.3 Å². The lowest BCUT2D eigenvalue weighted by Gasteiger charge is -2.19. The first-order valence-electron chi connectivity index (χ1n) is 6.55. The van der Waals surface area contributed by atoms with Crippen molar-refractivity contribution in [2.75, 3.05) is 26.2 Å². The number of rotatable bonds is 9. The van der Waals surface area contributed by atoms with Crippen LogP contribution in [0.4, 0.5) is 0 Å². The van der Waals surface area contributed by atoms with E-state index < -0.39 is 10.0 Å². The molecule has 0 radical (unpaired) electrons. The Morgan fingerprint density at radius 1 is 1.40 bits per heavy atom. The van der Waals surface area contributed by atoms with E-state index >= 15 is 0 Å². The normalized spacial score (nSPS) is 12.2. The number of hydrogen-bond donors (Lipinski definition) is 2. The fourth-order valence-electron chi connectivity index (χ4n) is 1.82. The minimum atomic E-state index is -3.52. The van der Waals surface area contributed by atoms with Gasteiger partial charge in [0.25, 0.3) is 0 Å². The highest BCUT2D eigenvalue weighted by Crippen LogP contribution is 2.31. The standard InChI is InChI=1S/C12H21BrN2O3S2/c1-3-6-15(4-2)7-5-14-20(17,18)11-8-10(9-16)19-12(11)13/h8,14,16H,3-7,9H2,1-2H3. The Balaban J connectivity index is 2.63. The fraction of sp³-hybridized carbons (Fsp3) is 0.667. The monoisotopic (exact) mass is 384 g/mol. The number of nitrogens with one attached hydrogen (secondary N) is 1. The zero-order valence-corrected chi connectivity index (χ0v) is 14.9. The third-order valence-corrected chi connectivity index (χ3v) is 6.56. The maximum absolute atomic E-state index is 12.2. The SMILES string of the molecule is CCCN(CC)CCNS(=O)(=O)c1cc(CO)sc1Br. The summed E-state index contributed by atoms with van der Waals surface area (Å²) in [4.78, 5) is 3.02. The van der Waals surface area contributed by atoms with Crippen molar-refractivity contribution < 1.29 is 13.5 Å². The summed E-state index contributed by atoms with van der Waals surface area (Å²) in [6.07, 6.45) is 1.05. The van der Waals surface area contributed by atoms with Crippen molar-refractivity contribution >= 4 is 37.3 Å². The molecule has 0 aliphatic heterocycles. The highest BCUT2D eigenvalue weighted by molar-refractivity contribution is 9.11. The van der Waals surface area contributed by atoms with Gasteiger partial charge in [-0.25, -0.2) is 13.1 Å². The molecule has 1 heterocycles. The third kappa shape index (κ3) is 5.09. The molecule has 0 bridgehead atoms. The molecule has 0 fully saturated rings. The van der Waals surface area contributed by atoms with Gasteiger partial charge in [-0.2, -0.15) is 0 Å². The van der Waals surface area contributed by atoms with Crippen LogP contribution in [-0.2, 0) is 16.6 Å². The van der Waals surface area contributed by atoms with Crippen molar-refractivity contribution in [2.24, 2.45) is 0 Å². The summed E-state index contributed by atoms with van der Waals surface area (Å²) in [7, 11) is -3.52. The number of sulfonamides is 1. The van der Waals surface area contributed by atoms with E-state index in [0.29, 0.717) is 21.8 Å². The van der Waals surface area contributed by atoms with E-state index in [1.54, 1.807) is 0 Å². The summed E-state index contributed by atoms with van der Waals surface area (Å²) in [5.41, 5.74) is 0. The molecule has 0 saturated heterocycles. The van der Waals surface area contributed by atoms with E-state index in [1.165, 1.54) is 17.4 Å². The molecule has 1 rings (SSSR count). The maximum Gasteiger partial charge on any atom is 0.242 e. The van der Waals surface area contributed by atoms with Crippen LogP contribution in [-0.4, -0.2) is 44.6 Å². The molecular weight excluding hydrogens is 364 g/mol. The highest BCUT2D eigenvalue weighted by atomic mass is 79.9. The first-order valence-corrected chi connectivity index (χ1v) is 9.65. The van der Waals surface area contributed by atoms with Crippen LogP contribution in [0.15, 0.2) is 14.7 Å². The van der Waals surface area contributed by atoms with Crippen LogP contribution in [0.25, 0.3) is 0 Å². The van der Waals surface area contributed by atoms with Gasteiger partial charge in [-0.3, -0.25) is 0 Å². The molecule has 0 unspecified atom stereocenters. The summed E-state index contributed by atoms with van der Waals surface area (Å²) in [5.74, 6) is 0. The fourth-order valence-corrected chi connectivity index (χ4v) is 5.38. The first-order chi connectivity index (χ1) is 9.44. The Labute approximate surface area is 133 Å². The molecule has 0 aliphatic carbocycles. The lowest BCUT2D eigenvalue weighted by atomic mass is 10.4. The summed E-state index contributed by atoms with van der Waals surface area (Å²) < 4.78 is 27.5. The number of aliphatic hydroxyl groups excluding tert-OH is 1.